The highest BCUT2D eigenvalue weighted by Crippen LogP contribution is 2.35. The molecule has 0 radical (unpaired) electrons. The molecule has 5 heterocycles. The smallest absolute Gasteiger partial charge is 0.346 e. The molecule has 0 bridgehead atoms. The molecule has 0 saturated heterocycles. The average molecular weight is 550 g/mol. The van der Waals surface area contributed by atoms with Crippen LogP contribution in [0.4, 0.5) is 0 Å². The highest BCUT2D eigenvalue weighted by Gasteiger charge is 2.32. The van der Waals surface area contributed by atoms with E-state index < -0.39 is 14.3 Å². The number of ether oxygens (including phenoxy) is 1. The van der Waals surface area contributed by atoms with E-state index in [0.29, 0.717) is 17.0 Å². The predicted molar refractivity (Wildman–Crippen MR) is 163 cm³/mol. The van der Waals surface area contributed by atoms with Crippen LogP contribution in [-0.2, 0) is 9.16 Å². The molecule has 1 N–H and O–H groups in total. The van der Waals surface area contributed by atoms with Gasteiger partial charge >= 0.3 is 5.97 Å². The van der Waals surface area contributed by atoms with E-state index in [1.807, 2.05) is 57.2 Å². The summed E-state index contributed by atoms with van der Waals surface area (Å²) in [6.45, 7) is 12.2. The summed E-state index contributed by atoms with van der Waals surface area (Å²) in [6.07, 6.45) is 16.6. The van der Waals surface area contributed by atoms with E-state index in [9.17, 15) is 4.79 Å². The molecule has 0 aliphatic carbocycles. The lowest BCUT2D eigenvalue weighted by atomic mass is 10.1. The van der Waals surface area contributed by atoms with E-state index in [1.54, 1.807) is 24.5 Å². The van der Waals surface area contributed by atoms with Crippen molar-refractivity contribution < 1.29 is 14.0 Å². The Morgan fingerprint density at radius 1 is 1.05 bits per heavy atom. The van der Waals surface area contributed by atoms with Crippen molar-refractivity contribution in [3.63, 3.8) is 0 Å². The van der Waals surface area contributed by atoms with Crippen molar-refractivity contribution in [1.82, 2.24) is 9.97 Å². The van der Waals surface area contributed by atoms with Gasteiger partial charge in [-0.3, -0.25) is 9.98 Å². The minimum absolute atomic E-state index is 0.170. The number of nitrogens with one attached hydrogen (secondary N) is 1. The second-order valence-corrected chi connectivity index (χ2v) is 15.0. The van der Waals surface area contributed by atoms with Crippen LogP contribution in [0, 0.1) is 6.92 Å². The number of aromatic nitrogens is 2. The van der Waals surface area contributed by atoms with E-state index in [1.165, 1.54) is 6.20 Å². The summed E-state index contributed by atoms with van der Waals surface area (Å²) in [5.41, 5.74) is 8.32. The summed E-state index contributed by atoms with van der Waals surface area (Å²) < 4.78 is 12.1. The molecule has 5 rings (SSSR count). The van der Waals surface area contributed by atoms with Crippen LogP contribution in [0.1, 0.15) is 41.2 Å². The first-order chi connectivity index (χ1) is 19.1. The zero-order valence-electron chi connectivity index (χ0n) is 23.4. The van der Waals surface area contributed by atoms with Crippen molar-refractivity contribution in [3.8, 4) is 0 Å². The van der Waals surface area contributed by atoms with Gasteiger partial charge in [-0.05, 0) is 106 Å². The minimum atomic E-state index is -2.04. The topological polar surface area (TPSA) is 101 Å². The molecule has 0 fully saturated rings. The molecule has 202 valence electrons. The van der Waals surface area contributed by atoms with Crippen LogP contribution in [0.5, 0.6) is 0 Å². The van der Waals surface area contributed by atoms with E-state index >= 15 is 0 Å². The lowest BCUT2D eigenvalue weighted by Gasteiger charge is -2.21. The Kier molecular flexibility index (Phi) is 7.32. The standard InChI is InChI=1S/C31H31N5O3Si/c1-19-15-26(17-25-12-11-24(34-25)16-23-10-8-14-33-23)35-27(19)20(2)28-21(3)29(39-40(4,5)6)30(36-28)38-31(37)22-9-7-13-32-18-22/h7-18,35H,1-6H3/b23-16-,25-17+,28-20-. The van der Waals surface area contributed by atoms with Crippen LogP contribution in [0.3, 0.4) is 0 Å². The van der Waals surface area contributed by atoms with Gasteiger partial charge in [0.1, 0.15) is 0 Å². The first-order valence-corrected chi connectivity index (χ1v) is 16.4. The molecule has 0 saturated carbocycles. The number of rotatable bonds is 6. The normalized spacial score (nSPS) is 19.6. The zero-order chi connectivity index (χ0) is 28.4. The maximum absolute atomic E-state index is 12.8. The molecule has 2 aromatic rings. The van der Waals surface area contributed by atoms with Gasteiger partial charge in [-0.2, -0.15) is 0 Å². The van der Waals surface area contributed by atoms with E-state index in [2.05, 4.69) is 45.7 Å². The molecule has 0 unspecified atom stereocenters. The Labute approximate surface area is 234 Å². The first-order valence-electron chi connectivity index (χ1n) is 13.0. The number of hydrogen-bond acceptors (Lipinski definition) is 7. The van der Waals surface area contributed by atoms with Crippen molar-refractivity contribution in [1.29, 1.82) is 0 Å². The maximum Gasteiger partial charge on any atom is 0.346 e. The number of carbonyl (C=O) groups is 1. The summed E-state index contributed by atoms with van der Waals surface area (Å²) in [6, 6.07) is 5.43. The second kappa shape index (κ2) is 10.9. The van der Waals surface area contributed by atoms with Gasteiger partial charge in [0.2, 0.25) is 8.32 Å². The van der Waals surface area contributed by atoms with Crippen molar-refractivity contribution in [2.45, 2.75) is 40.4 Å². The molecule has 8 nitrogen and oxygen atoms in total. The second-order valence-electron chi connectivity index (χ2n) is 10.6. The number of aromatic amines is 1. The number of H-pyrrole nitrogens is 1. The lowest BCUT2D eigenvalue weighted by molar-refractivity contribution is 0.0712. The fourth-order valence-corrected chi connectivity index (χ4v) is 5.28. The van der Waals surface area contributed by atoms with Gasteiger partial charge in [0.25, 0.3) is 5.90 Å². The molecule has 3 aliphatic heterocycles. The van der Waals surface area contributed by atoms with Crippen molar-refractivity contribution in [2.24, 2.45) is 15.0 Å². The summed E-state index contributed by atoms with van der Waals surface area (Å²) >= 11 is 0. The summed E-state index contributed by atoms with van der Waals surface area (Å²) in [7, 11) is -2.04. The molecule has 3 aliphatic rings. The highest BCUT2D eigenvalue weighted by molar-refractivity contribution is 6.70. The van der Waals surface area contributed by atoms with Crippen LogP contribution in [0.2, 0.25) is 19.6 Å². The van der Waals surface area contributed by atoms with Crippen LogP contribution in [0.15, 0.2) is 104 Å². The molecule has 40 heavy (non-hydrogen) atoms. The number of aliphatic imine (C=N–C) groups is 3. The summed E-state index contributed by atoms with van der Waals surface area (Å²) in [5.74, 6) is 0.144. The number of hydrogen-bond donors (Lipinski definition) is 1. The Morgan fingerprint density at radius 3 is 2.58 bits per heavy atom. The summed E-state index contributed by atoms with van der Waals surface area (Å²) in [4.78, 5) is 34.1. The van der Waals surface area contributed by atoms with Crippen molar-refractivity contribution in [3.05, 3.63) is 112 Å². The Morgan fingerprint density at radius 2 is 1.88 bits per heavy atom. The minimum Gasteiger partial charge on any atom is -0.540 e. The van der Waals surface area contributed by atoms with Gasteiger partial charge in [-0.15, -0.1) is 0 Å². The van der Waals surface area contributed by atoms with Gasteiger partial charge in [-0.1, -0.05) is 0 Å². The van der Waals surface area contributed by atoms with Crippen LogP contribution >= 0.6 is 0 Å². The monoisotopic (exact) mass is 549 g/mol. The van der Waals surface area contributed by atoms with Crippen LogP contribution < -0.4 is 0 Å². The molecule has 0 spiro atoms. The number of esters is 1. The summed E-state index contributed by atoms with van der Waals surface area (Å²) in [5, 5.41) is 0. The quantitative estimate of drug-likeness (QED) is 0.319. The van der Waals surface area contributed by atoms with Gasteiger partial charge in [0.15, 0.2) is 5.76 Å². The van der Waals surface area contributed by atoms with Crippen molar-refractivity contribution >= 4 is 43.8 Å². The van der Waals surface area contributed by atoms with E-state index in [4.69, 9.17) is 14.2 Å². The number of aryl methyl sites for hydroxylation is 1. The number of carbonyl (C=O) groups excluding carboxylic acids is 1. The van der Waals surface area contributed by atoms with Crippen molar-refractivity contribution in [2.75, 3.05) is 0 Å². The largest absolute Gasteiger partial charge is 0.540 e. The first kappa shape index (κ1) is 27.0. The Balaban J connectivity index is 1.46. The molecule has 0 aromatic carbocycles. The number of nitrogens with zero attached hydrogens (tertiary/aromatic N) is 4. The average Bonchev–Trinajstić information content (AvgIpc) is 3.70. The van der Waals surface area contributed by atoms with Crippen LogP contribution in [-0.4, -0.2) is 42.1 Å². The fraction of sp³-hybridized carbons (Fsp3) is 0.194. The third-order valence-electron chi connectivity index (χ3n) is 6.22. The molecular weight excluding hydrogens is 518 g/mol. The molecule has 9 heteroatoms. The Hall–Kier alpha value is -4.63. The van der Waals surface area contributed by atoms with Gasteiger partial charge in [0, 0.05) is 35.6 Å². The molecule has 2 aromatic heterocycles. The molecular formula is C31H31N5O3Si. The predicted octanol–water partition coefficient (Wildman–Crippen LogP) is 6.72. The third kappa shape index (κ3) is 5.99. The molecule has 0 atom stereocenters. The van der Waals surface area contributed by atoms with Gasteiger partial charge < -0.3 is 14.1 Å². The van der Waals surface area contributed by atoms with E-state index in [0.717, 1.165) is 45.2 Å². The molecule has 0 amide bonds. The van der Waals surface area contributed by atoms with Gasteiger partial charge in [-0.25, -0.2) is 14.8 Å². The zero-order valence-corrected chi connectivity index (χ0v) is 24.4. The number of allylic oxidation sites excluding steroid dienone is 7. The SMILES string of the molecule is CC1=C(O[Si](C)(C)C)C(OC(=O)c2cccnc2)=N/C1=C(/C)c1[nH]c(/C=C2\C=CC(/C=C3/C=CC=N3)=N2)cc1C. The lowest BCUT2D eigenvalue weighted by Crippen LogP contribution is -2.28. The van der Waals surface area contributed by atoms with Crippen LogP contribution in [0.25, 0.3) is 11.6 Å². The Bertz CT molecular complexity index is 1640. The maximum atomic E-state index is 12.8. The third-order valence-corrected chi connectivity index (χ3v) is 7.04. The van der Waals surface area contributed by atoms with Gasteiger partial charge in [0.05, 0.1) is 28.4 Å². The fourth-order valence-electron chi connectivity index (χ4n) is 4.43. The number of pyridine rings is 1. The van der Waals surface area contributed by atoms with E-state index in [-0.39, 0.29) is 5.90 Å². The highest BCUT2D eigenvalue weighted by atomic mass is 28.4.